The van der Waals surface area contributed by atoms with Crippen molar-refractivity contribution in [1.29, 1.82) is 0 Å². The first kappa shape index (κ1) is 18.0. The number of hydrogen-bond donors (Lipinski definition) is 1. The van der Waals surface area contributed by atoms with Crippen molar-refractivity contribution in [3.8, 4) is 5.75 Å². The zero-order valence-corrected chi connectivity index (χ0v) is 15.8. The number of thiocarbonyl (C=S) groups is 1. The minimum atomic E-state index is -1.10. The molecule has 0 aliphatic carbocycles. The molecule has 0 spiro atoms. The zero-order valence-electron chi connectivity index (χ0n) is 15.0. The summed E-state index contributed by atoms with van der Waals surface area (Å²) in [6, 6.07) is 16.3. The van der Waals surface area contributed by atoms with Crippen LogP contribution in [0, 0.1) is 0 Å². The average Bonchev–Trinajstić information content (AvgIpc) is 3.16. The molecule has 4 rings (SSSR count). The molecule has 2 aromatic carbocycles. The average molecular weight is 395 g/mol. The van der Waals surface area contributed by atoms with Gasteiger partial charge < -0.3 is 14.7 Å². The largest absolute Gasteiger partial charge is 0.480 e. The van der Waals surface area contributed by atoms with Crippen molar-refractivity contribution in [2.45, 2.75) is 6.92 Å². The molecular weight excluding hydrogens is 378 g/mol. The molecule has 8 heteroatoms. The van der Waals surface area contributed by atoms with Crippen LogP contribution in [0.5, 0.6) is 5.75 Å². The number of anilines is 2. The number of carboxylic acid groups (broad SMARTS) is 1. The molecule has 2 aliphatic heterocycles. The third-order valence-electron chi connectivity index (χ3n) is 4.53. The predicted octanol–water partition coefficient (Wildman–Crippen LogP) is 2.79. The molecule has 28 heavy (non-hydrogen) atoms. The molecule has 0 aromatic heterocycles. The normalized spacial score (nSPS) is 18.5. The Morgan fingerprint density at radius 2 is 1.75 bits per heavy atom. The van der Waals surface area contributed by atoms with Gasteiger partial charge in [-0.3, -0.25) is 19.4 Å². The summed E-state index contributed by atoms with van der Waals surface area (Å²) < 4.78 is 5.97. The third kappa shape index (κ3) is 2.78. The lowest BCUT2D eigenvalue weighted by Gasteiger charge is -2.21. The van der Waals surface area contributed by atoms with Gasteiger partial charge in [-0.25, -0.2) is 0 Å². The summed E-state index contributed by atoms with van der Waals surface area (Å²) in [6.45, 7) is 2.03. The molecule has 1 amide bonds. The summed E-state index contributed by atoms with van der Waals surface area (Å²) in [4.78, 5) is 29.3. The lowest BCUT2D eigenvalue weighted by atomic mass is 10.2. The lowest BCUT2D eigenvalue weighted by molar-refractivity contribution is -0.137. The highest BCUT2D eigenvalue weighted by atomic mass is 32.1. The van der Waals surface area contributed by atoms with Gasteiger partial charge in [0.1, 0.15) is 6.54 Å². The second-order valence-corrected chi connectivity index (χ2v) is 6.57. The molecule has 2 heterocycles. The molecule has 0 unspecified atom stereocenters. The molecule has 0 bridgehead atoms. The van der Waals surface area contributed by atoms with E-state index in [1.165, 1.54) is 9.80 Å². The van der Waals surface area contributed by atoms with Crippen LogP contribution >= 0.6 is 12.2 Å². The summed E-state index contributed by atoms with van der Waals surface area (Å²) in [5.41, 5.74) is 1.51. The van der Waals surface area contributed by atoms with Gasteiger partial charge in [0.05, 0.1) is 11.4 Å². The first-order chi connectivity index (χ1) is 13.5. The number of amides is 1. The van der Waals surface area contributed by atoms with E-state index < -0.39 is 18.4 Å². The van der Waals surface area contributed by atoms with Crippen LogP contribution in [-0.2, 0) is 9.59 Å². The molecule has 1 fully saturated rings. The number of carbonyl (C=O) groups is 2. The molecule has 7 nitrogen and oxygen atoms in total. The van der Waals surface area contributed by atoms with Crippen LogP contribution < -0.4 is 14.5 Å². The van der Waals surface area contributed by atoms with Crippen LogP contribution in [0.2, 0.25) is 0 Å². The number of ether oxygens (including phenoxy) is 1. The predicted molar refractivity (Wildman–Crippen MR) is 108 cm³/mol. The van der Waals surface area contributed by atoms with Crippen LogP contribution in [0.15, 0.2) is 66.2 Å². The van der Waals surface area contributed by atoms with Crippen molar-refractivity contribution in [2.24, 2.45) is 0 Å². The van der Waals surface area contributed by atoms with E-state index in [0.717, 1.165) is 5.69 Å². The first-order valence-electron chi connectivity index (χ1n) is 8.74. The maximum atomic E-state index is 13.3. The van der Waals surface area contributed by atoms with Crippen LogP contribution in [-0.4, -0.2) is 40.1 Å². The second kappa shape index (κ2) is 6.97. The van der Waals surface area contributed by atoms with E-state index in [1.54, 1.807) is 30.3 Å². The highest BCUT2D eigenvalue weighted by Crippen LogP contribution is 2.41. The number of para-hydroxylation sites is 3. The number of nitrogens with zero attached hydrogens (tertiary/aromatic N) is 3. The van der Waals surface area contributed by atoms with Crippen molar-refractivity contribution >= 4 is 40.6 Å². The quantitative estimate of drug-likeness (QED) is 0.630. The van der Waals surface area contributed by atoms with Gasteiger partial charge in [-0.2, -0.15) is 0 Å². The third-order valence-corrected chi connectivity index (χ3v) is 4.94. The summed E-state index contributed by atoms with van der Waals surface area (Å²) in [5.74, 6) is -0.616. The Morgan fingerprint density at radius 1 is 1.07 bits per heavy atom. The maximum Gasteiger partial charge on any atom is 0.323 e. The van der Waals surface area contributed by atoms with Gasteiger partial charge in [0.2, 0.25) is 5.88 Å². The van der Waals surface area contributed by atoms with E-state index >= 15 is 0 Å². The van der Waals surface area contributed by atoms with Crippen LogP contribution in [0.4, 0.5) is 11.4 Å². The fraction of sp³-hybridized carbons (Fsp3) is 0.150. The summed E-state index contributed by atoms with van der Waals surface area (Å²) >= 11 is 5.47. The Morgan fingerprint density at radius 3 is 2.43 bits per heavy atom. The summed E-state index contributed by atoms with van der Waals surface area (Å²) in [7, 11) is 0. The van der Waals surface area contributed by atoms with Crippen molar-refractivity contribution < 1.29 is 19.4 Å². The molecule has 2 aromatic rings. The monoisotopic (exact) mass is 395 g/mol. The molecule has 0 saturated carbocycles. The minimum absolute atomic E-state index is 0.108. The number of fused-ring (bicyclic) bond motifs is 1. The van der Waals surface area contributed by atoms with Gasteiger partial charge in [-0.1, -0.05) is 30.3 Å². The first-order valence-corrected chi connectivity index (χ1v) is 9.15. The van der Waals surface area contributed by atoms with Gasteiger partial charge in [0.25, 0.3) is 5.91 Å². The zero-order chi connectivity index (χ0) is 19.8. The standard InChI is InChI=1S/C20H17N3O4S/c1-2-21-14-10-6-7-11-15(14)27-19(21)17-18(26)23(13-8-4-3-5-9-13)20(28)22(17)12-16(24)25/h3-11H,2,12H2,1H3,(H,24,25). The van der Waals surface area contributed by atoms with Crippen LogP contribution in [0.3, 0.4) is 0 Å². The molecular formula is C20H17N3O4S. The SMILES string of the molecule is CCN1C(=C2C(=O)N(c3ccccc3)C(=S)N2CC(=O)O)Oc2ccccc21. The molecule has 2 aliphatic rings. The van der Waals surface area contributed by atoms with E-state index in [9.17, 15) is 14.7 Å². The van der Waals surface area contributed by atoms with E-state index in [0.29, 0.717) is 18.0 Å². The topological polar surface area (TPSA) is 73.3 Å². The number of carbonyl (C=O) groups excluding carboxylic acids is 1. The highest BCUT2D eigenvalue weighted by molar-refractivity contribution is 7.80. The Kier molecular flexibility index (Phi) is 4.48. The van der Waals surface area contributed by atoms with Crippen molar-refractivity contribution in [1.82, 2.24) is 4.90 Å². The summed E-state index contributed by atoms with van der Waals surface area (Å²) in [6.07, 6.45) is 0. The Bertz CT molecular complexity index is 1010. The van der Waals surface area contributed by atoms with Crippen molar-refractivity contribution in [3.63, 3.8) is 0 Å². The van der Waals surface area contributed by atoms with Crippen molar-refractivity contribution in [2.75, 3.05) is 22.9 Å². The number of hydrogen-bond acceptors (Lipinski definition) is 5. The molecule has 142 valence electrons. The highest BCUT2D eigenvalue weighted by Gasteiger charge is 2.45. The van der Waals surface area contributed by atoms with E-state index in [2.05, 4.69) is 0 Å². The smallest absolute Gasteiger partial charge is 0.323 e. The lowest BCUT2D eigenvalue weighted by Crippen LogP contribution is -2.36. The Hall–Kier alpha value is -3.39. The molecule has 0 radical (unpaired) electrons. The van der Waals surface area contributed by atoms with Gasteiger partial charge in [0, 0.05) is 6.54 Å². The number of aliphatic carboxylic acids is 1. The van der Waals surface area contributed by atoms with Crippen LogP contribution in [0.25, 0.3) is 0 Å². The van der Waals surface area contributed by atoms with Gasteiger partial charge in [-0.05, 0) is 43.4 Å². The van der Waals surface area contributed by atoms with Gasteiger partial charge >= 0.3 is 5.97 Å². The Labute approximate surface area is 167 Å². The molecule has 1 N–H and O–H groups in total. The fourth-order valence-electron chi connectivity index (χ4n) is 3.34. The van der Waals surface area contributed by atoms with E-state index in [-0.39, 0.29) is 16.7 Å². The minimum Gasteiger partial charge on any atom is -0.480 e. The molecule has 1 saturated heterocycles. The molecule has 0 atom stereocenters. The Balaban J connectivity index is 1.86. The fourth-order valence-corrected chi connectivity index (χ4v) is 3.69. The van der Waals surface area contributed by atoms with Crippen LogP contribution in [0.1, 0.15) is 6.92 Å². The number of carboxylic acids is 1. The van der Waals surface area contributed by atoms with E-state index in [4.69, 9.17) is 17.0 Å². The van der Waals surface area contributed by atoms with Gasteiger partial charge in [0.15, 0.2) is 16.6 Å². The van der Waals surface area contributed by atoms with Crippen molar-refractivity contribution in [3.05, 3.63) is 66.2 Å². The maximum absolute atomic E-state index is 13.3. The van der Waals surface area contributed by atoms with E-state index in [1.807, 2.05) is 36.1 Å². The summed E-state index contributed by atoms with van der Waals surface area (Å²) in [5, 5.41) is 9.49. The number of rotatable bonds is 4. The number of benzene rings is 2. The van der Waals surface area contributed by atoms with Gasteiger partial charge in [-0.15, -0.1) is 0 Å². The second-order valence-electron chi connectivity index (χ2n) is 6.21.